The highest BCUT2D eigenvalue weighted by Gasteiger charge is 2.14. The fourth-order valence-electron chi connectivity index (χ4n) is 2.63. The molecule has 0 unspecified atom stereocenters. The lowest BCUT2D eigenvalue weighted by molar-refractivity contribution is 0.367. The van der Waals surface area contributed by atoms with Crippen LogP contribution in [-0.2, 0) is 0 Å². The number of ether oxygens (including phenoxy) is 1. The van der Waals surface area contributed by atoms with E-state index in [0.717, 1.165) is 8.95 Å². The maximum Gasteiger partial charge on any atom is 0.282 e. The molecule has 0 amide bonds. The fraction of sp³-hybridized carbons (Fsp3) is 0.200. The zero-order valence-corrected chi connectivity index (χ0v) is 18.4. The molecule has 0 aliphatic carbocycles. The number of nitriles is 1. The lowest BCUT2D eigenvalue weighted by Crippen LogP contribution is -2.23. The van der Waals surface area contributed by atoms with Crippen LogP contribution in [0.1, 0.15) is 31.2 Å². The van der Waals surface area contributed by atoms with Crippen molar-refractivity contribution in [3.8, 4) is 11.8 Å². The van der Waals surface area contributed by atoms with Gasteiger partial charge in [-0.3, -0.25) is 4.79 Å². The summed E-state index contributed by atoms with van der Waals surface area (Å²) in [6.07, 6.45) is 1.54. The first kappa shape index (κ1) is 20.2. The largest absolute Gasteiger partial charge is 0.478 e. The minimum atomic E-state index is -0.249. The van der Waals surface area contributed by atoms with Gasteiger partial charge in [0.1, 0.15) is 17.6 Å². The molecule has 0 radical (unpaired) electrons. The van der Waals surface area contributed by atoms with Crippen molar-refractivity contribution in [2.45, 2.75) is 19.8 Å². The number of rotatable bonds is 5. The number of hydrogen-bond acceptors (Lipinski definition) is 5. The summed E-state index contributed by atoms with van der Waals surface area (Å²) in [6, 6.07) is 12.7. The van der Waals surface area contributed by atoms with Gasteiger partial charge in [0, 0.05) is 20.4 Å². The van der Waals surface area contributed by atoms with Crippen LogP contribution < -0.4 is 10.3 Å². The third-order valence-electron chi connectivity index (χ3n) is 3.93. The van der Waals surface area contributed by atoms with E-state index in [2.05, 4.69) is 41.9 Å². The molecule has 0 spiro atoms. The molecule has 0 saturated heterocycles. The Bertz CT molecular complexity index is 1160. The summed E-state index contributed by atoms with van der Waals surface area (Å²) in [7, 11) is 0. The summed E-state index contributed by atoms with van der Waals surface area (Å²) in [4.78, 5) is 17.7. The Morgan fingerprint density at radius 3 is 2.68 bits per heavy atom. The van der Waals surface area contributed by atoms with Crippen LogP contribution in [0.5, 0.6) is 5.75 Å². The van der Waals surface area contributed by atoms with Gasteiger partial charge in [0.2, 0.25) is 0 Å². The van der Waals surface area contributed by atoms with Crippen LogP contribution in [0.3, 0.4) is 0 Å². The van der Waals surface area contributed by atoms with E-state index < -0.39 is 0 Å². The minimum absolute atomic E-state index is 0.00489. The lowest BCUT2D eigenvalue weighted by Gasteiger charge is -2.12. The molecular weight excluding hydrogens is 488 g/mol. The fourth-order valence-corrected chi connectivity index (χ4v) is 3.37. The van der Waals surface area contributed by atoms with Gasteiger partial charge in [-0.15, -0.1) is 0 Å². The molecule has 0 bridgehead atoms. The summed E-state index contributed by atoms with van der Waals surface area (Å²) in [5, 5.41) is 13.6. The monoisotopic (exact) mass is 502 g/mol. The molecule has 1 heterocycles. The van der Waals surface area contributed by atoms with Crippen molar-refractivity contribution in [2.75, 3.05) is 6.61 Å². The summed E-state index contributed by atoms with van der Waals surface area (Å²) in [6.45, 7) is 3.84. The summed E-state index contributed by atoms with van der Waals surface area (Å²) >= 11 is 6.81. The van der Waals surface area contributed by atoms with E-state index in [1.54, 1.807) is 18.2 Å². The van der Waals surface area contributed by atoms with Crippen LogP contribution in [0.15, 0.2) is 55.2 Å². The molecule has 142 valence electrons. The Morgan fingerprint density at radius 1 is 1.25 bits per heavy atom. The zero-order valence-electron chi connectivity index (χ0n) is 15.2. The van der Waals surface area contributed by atoms with Crippen molar-refractivity contribution in [3.63, 3.8) is 0 Å². The predicted molar refractivity (Wildman–Crippen MR) is 116 cm³/mol. The highest BCUT2D eigenvalue weighted by molar-refractivity contribution is 9.10. The predicted octanol–water partition coefficient (Wildman–Crippen LogP) is 4.83. The summed E-state index contributed by atoms with van der Waals surface area (Å²) < 4.78 is 8.38. The Kier molecular flexibility index (Phi) is 6.27. The molecule has 3 rings (SSSR count). The second-order valence-electron chi connectivity index (χ2n) is 6.28. The molecule has 3 aromatic rings. The van der Waals surface area contributed by atoms with E-state index in [1.807, 2.05) is 38.1 Å². The van der Waals surface area contributed by atoms with Crippen LogP contribution in [-0.4, -0.2) is 22.5 Å². The highest BCUT2D eigenvalue weighted by atomic mass is 79.9. The number of hydrogen-bond donors (Lipinski definition) is 0. The quantitative estimate of drug-likeness (QED) is 0.467. The second-order valence-corrected chi connectivity index (χ2v) is 8.11. The zero-order chi connectivity index (χ0) is 20.3. The molecule has 2 aromatic carbocycles. The number of nitrogens with zero attached hydrogens (tertiary/aromatic N) is 4. The number of aromatic nitrogens is 2. The van der Waals surface area contributed by atoms with E-state index in [0.29, 0.717) is 28.0 Å². The van der Waals surface area contributed by atoms with Crippen molar-refractivity contribution >= 4 is 49.0 Å². The third kappa shape index (κ3) is 4.32. The van der Waals surface area contributed by atoms with Crippen LogP contribution >= 0.6 is 31.9 Å². The van der Waals surface area contributed by atoms with Crippen molar-refractivity contribution < 1.29 is 4.74 Å². The maximum atomic E-state index is 13.1. The molecule has 0 fully saturated rings. The van der Waals surface area contributed by atoms with Gasteiger partial charge in [0.05, 0.1) is 17.1 Å². The third-order valence-corrected chi connectivity index (χ3v) is 4.91. The topological polar surface area (TPSA) is 80.3 Å². The van der Waals surface area contributed by atoms with Crippen molar-refractivity contribution in [1.82, 2.24) is 9.66 Å². The van der Waals surface area contributed by atoms with E-state index in [9.17, 15) is 4.79 Å². The van der Waals surface area contributed by atoms with Gasteiger partial charge in [-0.25, -0.2) is 4.98 Å². The van der Waals surface area contributed by atoms with E-state index in [4.69, 9.17) is 10.00 Å². The Hall–Kier alpha value is -2.50. The van der Waals surface area contributed by atoms with Crippen LogP contribution in [0, 0.1) is 11.3 Å². The van der Waals surface area contributed by atoms with Gasteiger partial charge in [-0.1, -0.05) is 45.7 Å². The van der Waals surface area contributed by atoms with Gasteiger partial charge in [0.25, 0.3) is 5.56 Å². The van der Waals surface area contributed by atoms with E-state index in [1.165, 1.54) is 10.9 Å². The average molecular weight is 504 g/mol. The van der Waals surface area contributed by atoms with Crippen molar-refractivity contribution in [3.05, 3.63) is 67.1 Å². The number of fused-ring (bicyclic) bond motifs is 1. The van der Waals surface area contributed by atoms with Crippen LogP contribution in [0.25, 0.3) is 10.9 Å². The molecule has 28 heavy (non-hydrogen) atoms. The first-order valence-corrected chi connectivity index (χ1v) is 10.0. The Labute approximate surface area is 178 Å². The molecule has 8 heteroatoms. The Morgan fingerprint density at radius 2 is 1.96 bits per heavy atom. The maximum absolute atomic E-state index is 13.1. The summed E-state index contributed by atoms with van der Waals surface area (Å²) in [5.74, 6) is 1.06. The van der Waals surface area contributed by atoms with Crippen LogP contribution in [0.4, 0.5) is 0 Å². The number of halogens is 2. The smallest absolute Gasteiger partial charge is 0.282 e. The SMILES string of the molecule is CC(C)c1nc2ccc(Br)cc2c(=O)n1N=Cc1cc(Br)ccc1OCC#N. The first-order valence-electron chi connectivity index (χ1n) is 8.46. The lowest BCUT2D eigenvalue weighted by atomic mass is 10.2. The molecule has 0 N–H and O–H groups in total. The van der Waals surface area contributed by atoms with Gasteiger partial charge in [-0.05, 0) is 36.4 Å². The Balaban J connectivity index is 2.15. The first-order chi connectivity index (χ1) is 13.4. The van der Waals surface area contributed by atoms with Gasteiger partial charge in [0.15, 0.2) is 6.61 Å². The molecule has 0 aliphatic heterocycles. The highest BCUT2D eigenvalue weighted by Crippen LogP contribution is 2.23. The summed E-state index contributed by atoms with van der Waals surface area (Å²) in [5.41, 5.74) is 1.02. The van der Waals surface area contributed by atoms with E-state index in [-0.39, 0.29) is 18.1 Å². The van der Waals surface area contributed by atoms with Gasteiger partial charge >= 0.3 is 0 Å². The molecule has 0 saturated carbocycles. The molecule has 0 aliphatic rings. The normalized spacial score (nSPS) is 11.3. The minimum Gasteiger partial charge on any atom is -0.478 e. The van der Waals surface area contributed by atoms with Crippen molar-refractivity contribution in [2.24, 2.45) is 5.10 Å². The number of benzene rings is 2. The molecule has 6 nitrogen and oxygen atoms in total. The molecule has 0 atom stereocenters. The average Bonchev–Trinajstić information content (AvgIpc) is 2.66. The molecular formula is C20H16Br2N4O2. The van der Waals surface area contributed by atoms with Crippen molar-refractivity contribution in [1.29, 1.82) is 5.26 Å². The molecule has 1 aromatic heterocycles. The van der Waals surface area contributed by atoms with E-state index >= 15 is 0 Å². The van der Waals surface area contributed by atoms with Gasteiger partial charge < -0.3 is 4.74 Å². The van der Waals surface area contributed by atoms with Crippen LogP contribution in [0.2, 0.25) is 0 Å². The second kappa shape index (κ2) is 8.67. The standard InChI is InChI=1S/C20H16Br2N4O2/c1-12(2)19-25-17-5-3-15(22)10-16(17)20(27)26(19)24-11-13-9-14(21)4-6-18(13)28-8-7-23/h3-6,9-12H,8H2,1-2H3. The van der Waals surface area contributed by atoms with Gasteiger partial charge in [-0.2, -0.15) is 15.0 Å².